The molecule has 5 heterocycles. The van der Waals surface area contributed by atoms with E-state index in [4.69, 9.17) is 4.52 Å². The van der Waals surface area contributed by atoms with Crippen LogP contribution in [0.25, 0.3) is 0 Å². The van der Waals surface area contributed by atoms with Gasteiger partial charge in [0.2, 0.25) is 0 Å². The highest BCUT2D eigenvalue weighted by Crippen LogP contribution is 2.47. The van der Waals surface area contributed by atoms with Crippen LogP contribution in [0.15, 0.2) is 35.1 Å². The van der Waals surface area contributed by atoms with Crippen molar-refractivity contribution < 1.29 is 18.1 Å². The van der Waals surface area contributed by atoms with Gasteiger partial charge in [0.15, 0.2) is 5.69 Å². The van der Waals surface area contributed by atoms with Crippen LogP contribution in [-0.4, -0.2) is 52.6 Å². The average molecular weight is 359 g/mol. The highest BCUT2D eigenvalue weighted by atomic mass is 19.1. The number of carbonyl (C=O) groups is 1. The molecule has 7 heteroatoms. The van der Waals surface area contributed by atoms with Gasteiger partial charge in [0, 0.05) is 30.6 Å². The number of halogens is 2. The van der Waals surface area contributed by atoms with Crippen molar-refractivity contribution in [2.45, 2.75) is 30.8 Å². The molecule has 0 spiro atoms. The van der Waals surface area contributed by atoms with Crippen molar-refractivity contribution in [2.75, 3.05) is 19.6 Å². The number of hydrogen-bond acceptors (Lipinski definition) is 4. The van der Waals surface area contributed by atoms with Crippen molar-refractivity contribution in [1.29, 1.82) is 0 Å². The zero-order chi connectivity index (χ0) is 17.8. The molecule has 4 saturated heterocycles. The van der Waals surface area contributed by atoms with Crippen molar-refractivity contribution in [3.63, 3.8) is 0 Å². The summed E-state index contributed by atoms with van der Waals surface area (Å²) in [5.41, 5.74) is 0.909. The molecule has 1 aromatic carbocycles. The lowest BCUT2D eigenvalue weighted by Gasteiger charge is -2.51. The average Bonchev–Trinajstić information content (AvgIpc) is 3.30. The monoisotopic (exact) mass is 359 g/mol. The zero-order valence-corrected chi connectivity index (χ0v) is 14.1. The van der Waals surface area contributed by atoms with Crippen LogP contribution in [-0.2, 0) is 0 Å². The van der Waals surface area contributed by atoms with Gasteiger partial charge in [-0.05, 0) is 49.5 Å². The van der Waals surface area contributed by atoms with Crippen LogP contribution in [0.3, 0.4) is 0 Å². The van der Waals surface area contributed by atoms with E-state index >= 15 is 0 Å². The van der Waals surface area contributed by atoms with E-state index in [9.17, 15) is 13.6 Å². The quantitative estimate of drug-likeness (QED) is 0.827. The molecule has 4 aliphatic rings. The fraction of sp³-hybridized carbons (Fsp3) is 0.474. The van der Waals surface area contributed by atoms with E-state index in [2.05, 4.69) is 10.1 Å². The summed E-state index contributed by atoms with van der Waals surface area (Å²) in [6.07, 6.45) is 3.48. The van der Waals surface area contributed by atoms with E-state index in [1.807, 2.05) is 4.90 Å². The number of aromatic nitrogens is 1. The molecule has 136 valence electrons. The number of amides is 1. The molecule has 2 aromatic rings. The molecule has 4 fully saturated rings. The molecule has 0 N–H and O–H groups in total. The number of nitrogens with zero attached hydrogens (tertiary/aromatic N) is 3. The number of likely N-dealkylation sites (tertiary alicyclic amines) is 1. The largest absolute Gasteiger partial charge is 0.364 e. The van der Waals surface area contributed by atoms with Crippen molar-refractivity contribution >= 4 is 5.91 Å². The summed E-state index contributed by atoms with van der Waals surface area (Å²) in [7, 11) is 0. The number of benzene rings is 1. The second kappa shape index (κ2) is 5.87. The van der Waals surface area contributed by atoms with Crippen LogP contribution in [0.2, 0.25) is 0 Å². The summed E-state index contributed by atoms with van der Waals surface area (Å²) in [4.78, 5) is 17.2. The predicted octanol–water partition coefficient (Wildman–Crippen LogP) is 2.66. The summed E-state index contributed by atoms with van der Waals surface area (Å²) in [5, 5.41) is 3.79. The molecule has 1 aromatic heterocycles. The lowest BCUT2D eigenvalue weighted by Crippen LogP contribution is -2.60. The van der Waals surface area contributed by atoms with E-state index in [1.165, 1.54) is 18.4 Å². The van der Waals surface area contributed by atoms with E-state index in [0.29, 0.717) is 18.0 Å². The number of hydrogen-bond donors (Lipinski definition) is 0. The predicted molar refractivity (Wildman–Crippen MR) is 88.5 cm³/mol. The van der Waals surface area contributed by atoms with Crippen molar-refractivity contribution in [1.82, 2.24) is 15.0 Å². The maximum atomic E-state index is 13.8. The molecule has 1 amide bonds. The Labute approximate surface area is 149 Å². The van der Waals surface area contributed by atoms with Crippen LogP contribution >= 0.6 is 0 Å². The highest BCUT2D eigenvalue weighted by molar-refractivity contribution is 5.92. The molecule has 0 aliphatic carbocycles. The molecule has 5 nitrogen and oxygen atoms in total. The molecule has 2 bridgehead atoms. The first kappa shape index (κ1) is 15.9. The second-order valence-corrected chi connectivity index (χ2v) is 7.51. The summed E-state index contributed by atoms with van der Waals surface area (Å²) in [6, 6.07) is 5.41. The Morgan fingerprint density at radius 2 is 1.85 bits per heavy atom. The Balaban J connectivity index is 1.55. The van der Waals surface area contributed by atoms with E-state index in [1.54, 1.807) is 6.07 Å². The minimum atomic E-state index is -0.575. The number of carbonyl (C=O) groups excluding carboxylic acids is 1. The van der Waals surface area contributed by atoms with Gasteiger partial charge in [-0.1, -0.05) is 5.16 Å². The minimum Gasteiger partial charge on any atom is -0.364 e. The molecule has 0 radical (unpaired) electrons. The van der Waals surface area contributed by atoms with Gasteiger partial charge in [0.1, 0.15) is 17.9 Å². The number of rotatable bonds is 2. The van der Waals surface area contributed by atoms with Crippen LogP contribution in [0.1, 0.15) is 34.8 Å². The lowest BCUT2D eigenvalue weighted by atomic mass is 9.75. The molecule has 0 unspecified atom stereocenters. The lowest BCUT2D eigenvalue weighted by molar-refractivity contribution is -0.00371. The summed E-state index contributed by atoms with van der Waals surface area (Å²) in [5.74, 6) is -1.00. The zero-order valence-electron chi connectivity index (χ0n) is 14.1. The summed E-state index contributed by atoms with van der Waals surface area (Å²) >= 11 is 0. The Morgan fingerprint density at radius 1 is 1.12 bits per heavy atom. The SMILES string of the molecule is O=C(c1ccon1)N1C[C@@H](c2cc(F)cc(F)c2)[C@@H]2[C@H]1C1CCN2CC1. The third-order valence-electron chi connectivity index (χ3n) is 6.23. The number of piperidine rings is 3. The van der Waals surface area contributed by atoms with E-state index < -0.39 is 11.6 Å². The van der Waals surface area contributed by atoms with Crippen LogP contribution < -0.4 is 0 Å². The van der Waals surface area contributed by atoms with Gasteiger partial charge >= 0.3 is 0 Å². The van der Waals surface area contributed by atoms with Crippen molar-refractivity contribution in [2.24, 2.45) is 5.92 Å². The second-order valence-electron chi connectivity index (χ2n) is 7.51. The first-order valence-electron chi connectivity index (χ1n) is 9.03. The highest BCUT2D eigenvalue weighted by Gasteiger charge is 2.55. The maximum absolute atomic E-state index is 13.8. The fourth-order valence-corrected chi connectivity index (χ4v) is 5.21. The van der Waals surface area contributed by atoms with Gasteiger partial charge in [-0.15, -0.1) is 0 Å². The van der Waals surface area contributed by atoms with Gasteiger partial charge in [0.25, 0.3) is 5.91 Å². The Kier molecular flexibility index (Phi) is 3.60. The molecule has 26 heavy (non-hydrogen) atoms. The van der Waals surface area contributed by atoms with E-state index in [-0.39, 0.29) is 29.6 Å². The Hall–Kier alpha value is -2.28. The van der Waals surface area contributed by atoms with Gasteiger partial charge in [-0.2, -0.15) is 0 Å². The third kappa shape index (κ3) is 2.37. The topological polar surface area (TPSA) is 49.6 Å². The van der Waals surface area contributed by atoms with Gasteiger partial charge < -0.3 is 9.42 Å². The maximum Gasteiger partial charge on any atom is 0.276 e. The molecule has 4 aliphatic heterocycles. The molecular weight excluding hydrogens is 340 g/mol. The first-order chi connectivity index (χ1) is 12.6. The fourth-order valence-electron chi connectivity index (χ4n) is 5.21. The minimum absolute atomic E-state index is 0.0537. The normalized spacial score (nSPS) is 32.7. The third-order valence-corrected chi connectivity index (χ3v) is 6.23. The van der Waals surface area contributed by atoms with Crippen molar-refractivity contribution in [3.8, 4) is 0 Å². The summed E-state index contributed by atoms with van der Waals surface area (Å²) < 4.78 is 32.5. The molecule has 3 atom stereocenters. The summed E-state index contributed by atoms with van der Waals surface area (Å²) in [6.45, 7) is 2.40. The van der Waals surface area contributed by atoms with Gasteiger partial charge in [-0.3, -0.25) is 9.69 Å². The standard InChI is InChI=1S/C19H19F2N3O2/c20-13-7-12(8-14(21)9-13)15-10-24(19(25)16-3-6-26-22-16)17-11-1-4-23(5-2-11)18(15)17/h3,6-9,11,15,17-18H,1-2,4-5,10H2/t15-,17+,18+/m0/s1. The number of fused-ring (bicyclic) bond motifs is 2. The van der Waals surface area contributed by atoms with Gasteiger partial charge in [0.05, 0.1) is 6.04 Å². The van der Waals surface area contributed by atoms with Crippen LogP contribution in [0.5, 0.6) is 0 Å². The molecule has 6 rings (SSSR count). The van der Waals surface area contributed by atoms with Crippen LogP contribution in [0.4, 0.5) is 8.78 Å². The first-order valence-corrected chi connectivity index (χ1v) is 9.03. The Bertz CT molecular complexity index is 813. The van der Waals surface area contributed by atoms with Gasteiger partial charge in [-0.25, -0.2) is 8.78 Å². The van der Waals surface area contributed by atoms with E-state index in [0.717, 1.165) is 32.0 Å². The molecular formula is C19H19F2N3O2. The van der Waals surface area contributed by atoms with Crippen LogP contribution in [0, 0.1) is 17.6 Å². The Morgan fingerprint density at radius 3 is 2.50 bits per heavy atom. The molecule has 0 saturated carbocycles. The smallest absolute Gasteiger partial charge is 0.276 e. The van der Waals surface area contributed by atoms with Crippen molar-refractivity contribution in [3.05, 3.63) is 53.4 Å².